The van der Waals surface area contributed by atoms with Gasteiger partial charge in [-0.2, -0.15) is 0 Å². The number of rotatable bonds is 11. The third-order valence-corrected chi connectivity index (χ3v) is 6.78. The van der Waals surface area contributed by atoms with Gasteiger partial charge in [0.1, 0.15) is 5.75 Å². The summed E-state index contributed by atoms with van der Waals surface area (Å²) < 4.78 is 16.8. The summed E-state index contributed by atoms with van der Waals surface area (Å²) in [5, 5.41) is 1.16. The highest BCUT2D eigenvalue weighted by atomic mass is 16.5. The van der Waals surface area contributed by atoms with Crippen molar-refractivity contribution in [1.82, 2.24) is 9.88 Å². The molecule has 5 rings (SSSR count). The minimum absolute atomic E-state index is 0.622. The smallest absolute Gasteiger partial charge is 0.119 e. The molecule has 0 atom stereocenters. The van der Waals surface area contributed by atoms with E-state index >= 15 is 0 Å². The molecule has 6 nitrogen and oxygen atoms in total. The molecule has 1 saturated heterocycles. The Bertz CT molecular complexity index is 1270. The van der Waals surface area contributed by atoms with Gasteiger partial charge < -0.3 is 19.1 Å². The van der Waals surface area contributed by atoms with E-state index in [1.54, 1.807) is 7.11 Å². The zero-order chi connectivity index (χ0) is 25.3. The van der Waals surface area contributed by atoms with Crippen LogP contribution in [0.3, 0.4) is 0 Å². The van der Waals surface area contributed by atoms with Crippen molar-refractivity contribution in [3.05, 3.63) is 102 Å². The molecule has 4 aromatic rings. The summed E-state index contributed by atoms with van der Waals surface area (Å²) in [4.78, 5) is 9.33. The van der Waals surface area contributed by atoms with Gasteiger partial charge in [0, 0.05) is 50.0 Å². The first-order valence-corrected chi connectivity index (χ1v) is 13.0. The minimum atomic E-state index is 0.622. The van der Waals surface area contributed by atoms with Gasteiger partial charge in [-0.3, -0.25) is 9.88 Å². The lowest BCUT2D eigenvalue weighted by molar-refractivity contribution is 0.0180. The first-order valence-electron chi connectivity index (χ1n) is 13.0. The van der Waals surface area contributed by atoms with Gasteiger partial charge in [-0.25, -0.2) is 0 Å². The summed E-state index contributed by atoms with van der Waals surface area (Å²) in [5.74, 6) is 0.872. The van der Waals surface area contributed by atoms with Crippen LogP contribution in [0.1, 0.15) is 16.7 Å². The van der Waals surface area contributed by atoms with E-state index in [9.17, 15) is 0 Å². The first-order chi connectivity index (χ1) is 18.3. The highest BCUT2D eigenvalue weighted by Gasteiger charge is 2.12. The molecule has 0 saturated carbocycles. The van der Waals surface area contributed by atoms with E-state index < -0.39 is 0 Å². The number of ether oxygens (including phenoxy) is 3. The standard InChI is InChI=1S/C31H35N3O3/c1-35-30-6-2-4-26(20-30)22-34(23-27-7-10-28-5-3-13-32-31(28)21-27)29-11-8-25(9-12-29)24-37-19-16-33-14-17-36-18-15-33/h2-13,20-21H,14-19,22-24H2,1H3. The maximum atomic E-state index is 5.96. The van der Waals surface area contributed by atoms with Crippen molar-refractivity contribution in [3.8, 4) is 5.75 Å². The maximum Gasteiger partial charge on any atom is 0.119 e. The topological polar surface area (TPSA) is 47.1 Å². The Morgan fingerprint density at radius 1 is 0.865 bits per heavy atom. The van der Waals surface area contributed by atoms with E-state index in [1.807, 2.05) is 24.4 Å². The van der Waals surface area contributed by atoms with Gasteiger partial charge in [0.15, 0.2) is 0 Å². The number of pyridine rings is 1. The molecular weight excluding hydrogens is 462 g/mol. The molecule has 1 aliphatic heterocycles. The highest BCUT2D eigenvalue weighted by Crippen LogP contribution is 2.24. The first kappa shape index (κ1) is 25.2. The number of aromatic nitrogens is 1. The summed E-state index contributed by atoms with van der Waals surface area (Å²) >= 11 is 0. The molecule has 1 aliphatic rings. The summed E-state index contributed by atoms with van der Waals surface area (Å²) in [7, 11) is 1.71. The highest BCUT2D eigenvalue weighted by molar-refractivity contribution is 5.79. The van der Waals surface area contributed by atoms with Crippen molar-refractivity contribution in [2.75, 3.05) is 51.5 Å². The number of nitrogens with zero attached hydrogens (tertiary/aromatic N) is 3. The fourth-order valence-electron chi connectivity index (χ4n) is 4.67. The molecule has 192 valence electrons. The molecule has 6 heteroatoms. The quantitative estimate of drug-likeness (QED) is 0.262. The summed E-state index contributed by atoms with van der Waals surface area (Å²) in [6.07, 6.45) is 1.85. The van der Waals surface area contributed by atoms with Crippen LogP contribution < -0.4 is 9.64 Å². The molecule has 1 fully saturated rings. The van der Waals surface area contributed by atoms with E-state index in [1.165, 1.54) is 22.4 Å². The van der Waals surface area contributed by atoms with Gasteiger partial charge in [-0.15, -0.1) is 0 Å². The predicted molar refractivity (Wildman–Crippen MR) is 148 cm³/mol. The number of hydrogen-bond acceptors (Lipinski definition) is 6. The number of hydrogen-bond donors (Lipinski definition) is 0. The van der Waals surface area contributed by atoms with Crippen molar-refractivity contribution < 1.29 is 14.2 Å². The fraction of sp³-hybridized carbons (Fsp3) is 0.323. The lowest BCUT2D eigenvalue weighted by Crippen LogP contribution is -2.38. The zero-order valence-electron chi connectivity index (χ0n) is 21.5. The molecule has 1 aromatic heterocycles. The van der Waals surface area contributed by atoms with Gasteiger partial charge in [0.05, 0.1) is 39.1 Å². The normalized spacial score (nSPS) is 14.1. The number of benzene rings is 3. The van der Waals surface area contributed by atoms with Gasteiger partial charge in [-0.1, -0.05) is 42.5 Å². The van der Waals surface area contributed by atoms with Crippen LogP contribution in [0.2, 0.25) is 0 Å². The number of anilines is 1. The Kier molecular flexibility index (Phi) is 8.64. The molecule has 0 unspecified atom stereocenters. The lowest BCUT2D eigenvalue weighted by Gasteiger charge is -2.26. The lowest BCUT2D eigenvalue weighted by atomic mass is 10.1. The Morgan fingerprint density at radius 2 is 1.65 bits per heavy atom. The fourth-order valence-corrected chi connectivity index (χ4v) is 4.67. The van der Waals surface area contributed by atoms with Crippen LogP contribution in [0.5, 0.6) is 5.75 Å². The Labute approximate surface area is 219 Å². The summed E-state index contributed by atoms with van der Waals surface area (Å²) in [6, 6.07) is 27.6. The zero-order valence-corrected chi connectivity index (χ0v) is 21.5. The number of methoxy groups -OCH3 is 1. The largest absolute Gasteiger partial charge is 0.497 e. The van der Waals surface area contributed by atoms with Gasteiger partial charge in [-0.05, 0) is 53.1 Å². The van der Waals surface area contributed by atoms with Crippen LogP contribution in [-0.2, 0) is 29.2 Å². The molecule has 2 heterocycles. The van der Waals surface area contributed by atoms with E-state index in [0.29, 0.717) is 6.61 Å². The minimum Gasteiger partial charge on any atom is -0.497 e. The van der Waals surface area contributed by atoms with Gasteiger partial charge >= 0.3 is 0 Å². The predicted octanol–water partition coefficient (Wildman–Crippen LogP) is 5.30. The van der Waals surface area contributed by atoms with E-state index in [-0.39, 0.29) is 0 Å². The molecule has 3 aromatic carbocycles. The summed E-state index contributed by atoms with van der Waals surface area (Å²) in [6.45, 7) is 7.49. The van der Waals surface area contributed by atoms with Crippen molar-refractivity contribution in [2.45, 2.75) is 19.7 Å². The molecule has 0 amide bonds. The average molecular weight is 498 g/mol. The Balaban J connectivity index is 1.27. The van der Waals surface area contributed by atoms with E-state index in [0.717, 1.165) is 69.2 Å². The van der Waals surface area contributed by atoms with E-state index in [2.05, 4.69) is 75.4 Å². The van der Waals surface area contributed by atoms with Crippen LogP contribution >= 0.6 is 0 Å². The monoisotopic (exact) mass is 497 g/mol. The third-order valence-electron chi connectivity index (χ3n) is 6.78. The number of fused-ring (bicyclic) bond motifs is 1. The number of morpholine rings is 1. The van der Waals surface area contributed by atoms with Crippen molar-refractivity contribution >= 4 is 16.6 Å². The molecule has 0 aliphatic carbocycles. The molecule has 0 spiro atoms. The molecule has 37 heavy (non-hydrogen) atoms. The molecule has 0 bridgehead atoms. The van der Waals surface area contributed by atoms with Crippen LogP contribution in [-0.4, -0.2) is 56.4 Å². The van der Waals surface area contributed by atoms with Crippen LogP contribution in [0.15, 0.2) is 85.1 Å². The van der Waals surface area contributed by atoms with Crippen molar-refractivity contribution in [1.29, 1.82) is 0 Å². The third kappa shape index (κ3) is 7.07. The van der Waals surface area contributed by atoms with E-state index in [4.69, 9.17) is 14.2 Å². The molecule has 0 radical (unpaired) electrons. The summed E-state index contributed by atoms with van der Waals surface area (Å²) in [5.41, 5.74) is 5.80. The van der Waals surface area contributed by atoms with Gasteiger partial charge in [0.2, 0.25) is 0 Å². The molecular formula is C31H35N3O3. The second-order valence-corrected chi connectivity index (χ2v) is 9.41. The van der Waals surface area contributed by atoms with Crippen LogP contribution in [0, 0.1) is 0 Å². The SMILES string of the molecule is COc1cccc(CN(Cc2ccc3cccnc3c2)c2ccc(COCCN3CCOCC3)cc2)c1. The van der Waals surface area contributed by atoms with Crippen molar-refractivity contribution in [2.24, 2.45) is 0 Å². The molecule has 0 N–H and O–H groups in total. The average Bonchev–Trinajstić information content (AvgIpc) is 2.96. The van der Waals surface area contributed by atoms with Crippen molar-refractivity contribution in [3.63, 3.8) is 0 Å². The second kappa shape index (κ2) is 12.7. The maximum absolute atomic E-state index is 5.96. The van der Waals surface area contributed by atoms with Crippen LogP contribution in [0.4, 0.5) is 5.69 Å². The van der Waals surface area contributed by atoms with Gasteiger partial charge in [0.25, 0.3) is 0 Å². The Hall–Kier alpha value is -3.45. The Morgan fingerprint density at radius 3 is 2.46 bits per heavy atom. The van der Waals surface area contributed by atoms with Crippen LogP contribution in [0.25, 0.3) is 10.9 Å². The second-order valence-electron chi connectivity index (χ2n) is 9.41.